The van der Waals surface area contributed by atoms with Crippen LogP contribution in [0.3, 0.4) is 0 Å². The lowest BCUT2D eigenvalue weighted by Crippen LogP contribution is -2.39. The van der Waals surface area contributed by atoms with Gasteiger partial charge in [0, 0.05) is 20.6 Å². The summed E-state index contributed by atoms with van der Waals surface area (Å²) in [6.07, 6.45) is 2.16. The lowest BCUT2D eigenvalue weighted by atomic mass is 10.1. The average Bonchev–Trinajstić information content (AvgIpc) is 3.17. The highest BCUT2D eigenvalue weighted by Crippen LogP contribution is 2.16. The molecule has 0 aliphatic carbocycles. The molecule has 0 fully saturated rings. The number of aromatic nitrogens is 2. The van der Waals surface area contributed by atoms with Crippen molar-refractivity contribution in [2.24, 2.45) is 4.99 Å². The third-order valence-electron chi connectivity index (χ3n) is 4.38. The quantitative estimate of drug-likeness (QED) is 0.296. The van der Waals surface area contributed by atoms with Crippen molar-refractivity contribution in [2.75, 3.05) is 20.6 Å². The van der Waals surface area contributed by atoms with E-state index in [2.05, 4.69) is 20.3 Å². The van der Waals surface area contributed by atoms with Crippen molar-refractivity contribution >= 4 is 29.9 Å². The Morgan fingerprint density at radius 2 is 1.90 bits per heavy atom. The summed E-state index contributed by atoms with van der Waals surface area (Å²) in [6.45, 7) is 0.964. The molecule has 0 unspecified atom stereocenters. The molecule has 0 aliphatic heterocycles. The molecule has 0 aliphatic rings. The van der Waals surface area contributed by atoms with Gasteiger partial charge in [-0.2, -0.15) is 0 Å². The van der Waals surface area contributed by atoms with Crippen LogP contribution in [0, 0.1) is 11.6 Å². The van der Waals surface area contributed by atoms with E-state index in [1.54, 1.807) is 19.3 Å². The Balaban J connectivity index is 0.00000300. The van der Waals surface area contributed by atoms with Gasteiger partial charge in [-0.1, -0.05) is 42.5 Å². The fourth-order valence-electron chi connectivity index (χ4n) is 2.94. The fourth-order valence-corrected chi connectivity index (χ4v) is 2.94. The second-order valence-corrected chi connectivity index (χ2v) is 6.40. The van der Waals surface area contributed by atoms with Gasteiger partial charge in [-0.25, -0.2) is 13.8 Å². The van der Waals surface area contributed by atoms with Crippen LogP contribution < -0.4 is 5.32 Å². The predicted molar refractivity (Wildman–Crippen MR) is 122 cm³/mol. The van der Waals surface area contributed by atoms with E-state index < -0.39 is 11.6 Å². The van der Waals surface area contributed by atoms with Crippen molar-refractivity contribution in [3.05, 3.63) is 77.8 Å². The van der Waals surface area contributed by atoms with Crippen molar-refractivity contribution < 1.29 is 8.78 Å². The van der Waals surface area contributed by atoms with Crippen LogP contribution in [-0.4, -0.2) is 41.5 Å². The second-order valence-electron chi connectivity index (χ2n) is 6.40. The van der Waals surface area contributed by atoms with E-state index in [1.807, 2.05) is 42.3 Å². The zero-order valence-corrected chi connectivity index (χ0v) is 18.7. The molecule has 0 amide bonds. The van der Waals surface area contributed by atoms with Crippen LogP contribution in [0.15, 0.2) is 59.7 Å². The monoisotopic (exact) mass is 511 g/mol. The Labute approximate surface area is 186 Å². The summed E-state index contributed by atoms with van der Waals surface area (Å²) < 4.78 is 27.0. The molecule has 1 heterocycles. The van der Waals surface area contributed by atoms with Crippen molar-refractivity contribution in [1.82, 2.24) is 20.2 Å². The molecule has 0 bridgehead atoms. The molecule has 0 atom stereocenters. The maximum absolute atomic E-state index is 13.7. The van der Waals surface area contributed by atoms with Crippen molar-refractivity contribution in [2.45, 2.75) is 13.0 Å². The Bertz CT molecular complexity index is 943. The number of hydrogen-bond donors (Lipinski definition) is 2. The molecule has 3 aromatic rings. The molecule has 8 heteroatoms. The molecule has 0 saturated carbocycles. The Morgan fingerprint density at radius 3 is 2.62 bits per heavy atom. The number of nitrogens with zero attached hydrogens (tertiary/aromatic N) is 3. The standard InChI is InChI=1S/C21H23F2N5.HI/c1-24-21(25-12-11-16-9-6-10-17(22)20(16)23)28(2)14-19-26-13-18(27-19)15-7-4-3-5-8-15;/h3-10,13H,11-12,14H2,1-2H3,(H,24,25)(H,26,27);1H. The van der Waals surface area contributed by atoms with E-state index in [0.717, 1.165) is 23.1 Å². The normalized spacial score (nSPS) is 11.1. The van der Waals surface area contributed by atoms with E-state index in [9.17, 15) is 8.78 Å². The highest BCUT2D eigenvalue weighted by atomic mass is 127. The molecular formula is C21H24F2IN5. The average molecular weight is 511 g/mol. The number of hydrogen-bond acceptors (Lipinski definition) is 2. The first-order chi connectivity index (χ1) is 13.6. The molecule has 0 radical (unpaired) electrons. The molecule has 2 N–H and O–H groups in total. The van der Waals surface area contributed by atoms with Gasteiger partial charge in [-0.3, -0.25) is 4.99 Å². The van der Waals surface area contributed by atoms with E-state index >= 15 is 0 Å². The highest BCUT2D eigenvalue weighted by molar-refractivity contribution is 14.0. The molecule has 5 nitrogen and oxygen atoms in total. The largest absolute Gasteiger partial charge is 0.356 e. The first-order valence-electron chi connectivity index (χ1n) is 9.02. The zero-order chi connectivity index (χ0) is 19.9. The molecule has 0 saturated heterocycles. The van der Waals surface area contributed by atoms with Crippen LogP contribution in [0.25, 0.3) is 11.3 Å². The van der Waals surface area contributed by atoms with Gasteiger partial charge in [-0.15, -0.1) is 24.0 Å². The van der Waals surface area contributed by atoms with E-state index in [1.165, 1.54) is 6.07 Å². The molecule has 2 aromatic carbocycles. The molecule has 29 heavy (non-hydrogen) atoms. The Kier molecular flexibility index (Phi) is 8.56. The number of guanidine groups is 1. The molecular weight excluding hydrogens is 487 g/mol. The van der Waals surface area contributed by atoms with Crippen LogP contribution in [0.5, 0.6) is 0 Å². The third kappa shape index (κ3) is 5.99. The maximum Gasteiger partial charge on any atom is 0.193 e. The SMILES string of the molecule is CN=C(NCCc1cccc(F)c1F)N(C)Cc1ncc(-c2ccccc2)[nH]1.I. The van der Waals surface area contributed by atoms with Crippen molar-refractivity contribution in [3.63, 3.8) is 0 Å². The second kappa shape index (κ2) is 10.9. The number of aliphatic imine (C=N–C) groups is 1. The number of H-pyrrole nitrogens is 1. The van der Waals surface area contributed by atoms with Gasteiger partial charge in [0.15, 0.2) is 17.6 Å². The highest BCUT2D eigenvalue weighted by Gasteiger charge is 2.11. The third-order valence-corrected chi connectivity index (χ3v) is 4.38. The Hall–Kier alpha value is -2.49. The lowest BCUT2D eigenvalue weighted by molar-refractivity contribution is 0.463. The number of aromatic amines is 1. The first kappa shape index (κ1) is 22.8. The summed E-state index contributed by atoms with van der Waals surface area (Å²) in [5.74, 6) is -0.169. The van der Waals surface area contributed by atoms with E-state index in [0.29, 0.717) is 31.0 Å². The lowest BCUT2D eigenvalue weighted by Gasteiger charge is -2.21. The van der Waals surface area contributed by atoms with Gasteiger partial charge in [0.2, 0.25) is 0 Å². The topological polar surface area (TPSA) is 56.3 Å². The van der Waals surface area contributed by atoms with Crippen molar-refractivity contribution in [3.8, 4) is 11.3 Å². The molecule has 154 valence electrons. The summed E-state index contributed by atoms with van der Waals surface area (Å²) in [5, 5.41) is 3.17. The minimum atomic E-state index is -0.828. The van der Waals surface area contributed by atoms with Gasteiger partial charge in [0.25, 0.3) is 0 Å². The minimum Gasteiger partial charge on any atom is -0.356 e. The minimum absolute atomic E-state index is 0. The molecule has 3 rings (SSSR count). The zero-order valence-electron chi connectivity index (χ0n) is 16.3. The fraction of sp³-hybridized carbons (Fsp3) is 0.238. The summed E-state index contributed by atoms with van der Waals surface area (Å²) >= 11 is 0. The summed E-state index contributed by atoms with van der Waals surface area (Å²) in [7, 11) is 3.57. The molecule has 1 aromatic heterocycles. The predicted octanol–water partition coefficient (Wildman–Crippen LogP) is 4.22. The van der Waals surface area contributed by atoms with Crippen LogP contribution in [0.4, 0.5) is 8.78 Å². The summed E-state index contributed by atoms with van der Waals surface area (Å²) in [6, 6.07) is 14.2. The first-order valence-corrected chi connectivity index (χ1v) is 9.02. The number of benzene rings is 2. The smallest absolute Gasteiger partial charge is 0.193 e. The Morgan fingerprint density at radius 1 is 1.14 bits per heavy atom. The van der Waals surface area contributed by atoms with Crippen molar-refractivity contribution in [1.29, 1.82) is 0 Å². The summed E-state index contributed by atoms with van der Waals surface area (Å²) in [4.78, 5) is 13.9. The number of imidazole rings is 1. The van der Waals surface area contributed by atoms with Gasteiger partial charge in [-0.05, 0) is 23.6 Å². The van der Waals surface area contributed by atoms with Gasteiger partial charge in [0.05, 0.1) is 18.4 Å². The van der Waals surface area contributed by atoms with E-state index in [-0.39, 0.29) is 24.0 Å². The van der Waals surface area contributed by atoms with Gasteiger partial charge in [0.1, 0.15) is 5.82 Å². The maximum atomic E-state index is 13.7. The number of rotatable bonds is 6. The van der Waals surface area contributed by atoms with Gasteiger partial charge >= 0.3 is 0 Å². The number of nitrogens with one attached hydrogen (secondary N) is 2. The van der Waals surface area contributed by atoms with Crippen LogP contribution in [0.1, 0.15) is 11.4 Å². The number of halogens is 3. The van der Waals surface area contributed by atoms with Gasteiger partial charge < -0.3 is 15.2 Å². The van der Waals surface area contributed by atoms with Crippen LogP contribution >= 0.6 is 24.0 Å². The van der Waals surface area contributed by atoms with Crippen LogP contribution in [0.2, 0.25) is 0 Å². The molecule has 0 spiro atoms. The van der Waals surface area contributed by atoms with E-state index in [4.69, 9.17) is 0 Å². The summed E-state index contributed by atoms with van der Waals surface area (Å²) in [5.41, 5.74) is 2.36. The van der Waals surface area contributed by atoms with Crippen LogP contribution in [-0.2, 0) is 13.0 Å².